The van der Waals surface area contributed by atoms with Gasteiger partial charge >= 0.3 is 0 Å². The molecule has 4 nitrogen and oxygen atoms in total. The van der Waals surface area contributed by atoms with E-state index in [0.717, 1.165) is 59.0 Å². The third kappa shape index (κ3) is 6.65. The van der Waals surface area contributed by atoms with Crippen LogP contribution >= 0.6 is 60.4 Å². The number of halogens is 5. The van der Waals surface area contributed by atoms with Gasteiger partial charge in [-0.3, -0.25) is 4.90 Å². The fourth-order valence-electron chi connectivity index (χ4n) is 6.07. The summed E-state index contributed by atoms with van der Waals surface area (Å²) in [5, 5.41) is 5.02. The van der Waals surface area contributed by atoms with Crippen molar-refractivity contribution < 1.29 is 0 Å². The number of H-pyrrole nitrogens is 1. The maximum atomic E-state index is 6.37. The van der Waals surface area contributed by atoms with Crippen LogP contribution in [-0.4, -0.2) is 41.0 Å². The van der Waals surface area contributed by atoms with Gasteiger partial charge in [0, 0.05) is 53.4 Å². The second kappa shape index (κ2) is 14.9. The van der Waals surface area contributed by atoms with Crippen LogP contribution in [-0.2, 0) is 5.54 Å². The fourth-order valence-corrected chi connectivity index (χ4v) is 6.32. The Labute approximate surface area is 266 Å². The van der Waals surface area contributed by atoms with E-state index in [2.05, 4.69) is 84.5 Å². The molecule has 1 aliphatic heterocycles. The Morgan fingerprint density at radius 1 is 0.775 bits per heavy atom. The smallest absolute Gasteiger partial charge is 0.137 e. The Bertz CT molecular complexity index is 1270. The number of hydrogen-bond donors (Lipinski definition) is 2. The van der Waals surface area contributed by atoms with Crippen LogP contribution in [0.5, 0.6) is 0 Å². The number of aryl methyl sites for hydroxylation is 1. The zero-order chi connectivity index (χ0) is 26.0. The van der Waals surface area contributed by atoms with Crippen LogP contribution in [0.4, 0.5) is 0 Å². The highest BCUT2D eigenvalue weighted by atomic mass is 35.5. The van der Waals surface area contributed by atoms with Gasteiger partial charge in [-0.2, -0.15) is 0 Å². The molecule has 0 spiro atoms. The number of nitrogens with one attached hydrogen (secondary N) is 2. The molecule has 40 heavy (non-hydrogen) atoms. The first-order chi connectivity index (χ1) is 17.9. The standard InChI is InChI=1S/C31H34Cl2N4.3ClH/c1-21(2)31(37-19-17-34-18-20-37,29-22(3)35-30(36-29)25-7-5-4-6-8-25)28(23-9-13-26(32)14-10-23)24-11-15-27(33)16-12-24;;;/h4-16,21,28,34H,17-20H2,1-3H3,(H,35,36);3*1H. The molecule has 0 aliphatic carbocycles. The summed E-state index contributed by atoms with van der Waals surface area (Å²) in [7, 11) is 0. The van der Waals surface area contributed by atoms with Gasteiger partial charge in [0.2, 0.25) is 0 Å². The number of benzene rings is 3. The average molecular weight is 643 g/mol. The normalized spacial score (nSPS) is 15.1. The maximum absolute atomic E-state index is 6.37. The van der Waals surface area contributed by atoms with Crippen molar-refractivity contribution in [1.29, 1.82) is 0 Å². The van der Waals surface area contributed by atoms with E-state index < -0.39 is 5.54 Å². The molecule has 1 atom stereocenters. The summed E-state index contributed by atoms with van der Waals surface area (Å²) >= 11 is 12.7. The lowest BCUT2D eigenvalue weighted by Crippen LogP contribution is -2.60. The topological polar surface area (TPSA) is 44.0 Å². The summed E-state index contributed by atoms with van der Waals surface area (Å²) in [5.74, 6) is 1.15. The average Bonchev–Trinajstić information content (AvgIpc) is 3.31. The molecule has 216 valence electrons. The molecule has 4 aromatic rings. The molecule has 2 heterocycles. The quantitative estimate of drug-likeness (QED) is 0.212. The second-order valence-corrected chi connectivity index (χ2v) is 11.1. The largest absolute Gasteiger partial charge is 0.342 e. The Hall–Kier alpha value is -1.76. The van der Waals surface area contributed by atoms with Crippen LogP contribution in [0.1, 0.15) is 42.3 Å². The Kier molecular flexibility index (Phi) is 12.9. The van der Waals surface area contributed by atoms with E-state index in [0.29, 0.717) is 0 Å². The third-order valence-corrected chi connectivity index (χ3v) is 8.18. The van der Waals surface area contributed by atoms with Crippen molar-refractivity contribution in [2.45, 2.75) is 32.2 Å². The fraction of sp³-hybridized carbons (Fsp3) is 0.323. The van der Waals surface area contributed by atoms with Gasteiger partial charge in [0.05, 0.1) is 11.2 Å². The summed E-state index contributed by atoms with van der Waals surface area (Å²) in [4.78, 5) is 11.7. The molecule has 0 saturated carbocycles. The Morgan fingerprint density at radius 2 is 1.27 bits per heavy atom. The van der Waals surface area contributed by atoms with E-state index in [4.69, 9.17) is 28.2 Å². The van der Waals surface area contributed by atoms with Crippen molar-refractivity contribution in [3.05, 3.63) is 111 Å². The molecule has 1 saturated heterocycles. The van der Waals surface area contributed by atoms with Crippen molar-refractivity contribution >= 4 is 60.4 Å². The lowest BCUT2D eigenvalue weighted by Gasteiger charge is -2.53. The predicted octanol–water partition coefficient (Wildman–Crippen LogP) is 8.55. The molecule has 9 heteroatoms. The van der Waals surface area contributed by atoms with Crippen molar-refractivity contribution in [1.82, 2.24) is 20.2 Å². The number of piperazine rings is 1. The first-order valence-electron chi connectivity index (χ1n) is 13.0. The van der Waals surface area contributed by atoms with E-state index in [1.54, 1.807) is 0 Å². The van der Waals surface area contributed by atoms with Gasteiger partial charge in [-0.15, -0.1) is 37.2 Å². The lowest BCUT2D eigenvalue weighted by atomic mass is 9.65. The highest BCUT2D eigenvalue weighted by Crippen LogP contribution is 2.51. The molecular weight excluding hydrogens is 606 g/mol. The number of aromatic amines is 1. The number of nitrogens with zero attached hydrogens (tertiary/aromatic N) is 2. The number of rotatable bonds is 7. The molecule has 1 fully saturated rings. The number of imidazole rings is 1. The highest BCUT2D eigenvalue weighted by molar-refractivity contribution is 6.30. The second-order valence-electron chi connectivity index (χ2n) is 10.2. The molecule has 5 rings (SSSR count). The van der Waals surface area contributed by atoms with E-state index in [1.807, 2.05) is 30.3 Å². The summed E-state index contributed by atoms with van der Waals surface area (Å²) in [6, 6.07) is 27.0. The molecule has 1 unspecified atom stereocenters. The summed E-state index contributed by atoms with van der Waals surface area (Å²) in [6.07, 6.45) is 0. The first-order valence-corrected chi connectivity index (χ1v) is 13.8. The van der Waals surface area contributed by atoms with Gasteiger partial charge in [0.25, 0.3) is 0 Å². The summed E-state index contributed by atoms with van der Waals surface area (Å²) < 4.78 is 0. The number of aromatic nitrogens is 2. The SMILES string of the molecule is Cc1[nH]c(-c2ccccc2)nc1C(C(C)C)(C(c1ccc(Cl)cc1)c1ccc(Cl)cc1)N1CCNCC1.Cl.Cl.Cl. The van der Waals surface area contributed by atoms with E-state index in [9.17, 15) is 0 Å². The molecular formula is C31H37Cl5N4. The molecule has 0 amide bonds. The Balaban J connectivity index is 0.00000187. The zero-order valence-corrected chi connectivity index (χ0v) is 26.8. The van der Waals surface area contributed by atoms with Crippen molar-refractivity contribution in [3.63, 3.8) is 0 Å². The van der Waals surface area contributed by atoms with E-state index >= 15 is 0 Å². The molecule has 0 bridgehead atoms. The van der Waals surface area contributed by atoms with Crippen LogP contribution in [0.2, 0.25) is 10.0 Å². The molecule has 3 aromatic carbocycles. The van der Waals surface area contributed by atoms with E-state index in [1.165, 1.54) is 11.1 Å². The molecule has 1 aliphatic rings. The first kappa shape index (κ1) is 34.4. The van der Waals surface area contributed by atoms with Crippen LogP contribution in [0, 0.1) is 12.8 Å². The molecule has 0 radical (unpaired) electrons. The van der Waals surface area contributed by atoms with E-state index in [-0.39, 0.29) is 49.1 Å². The maximum Gasteiger partial charge on any atom is 0.137 e. The minimum Gasteiger partial charge on any atom is -0.342 e. The van der Waals surface area contributed by atoms with Crippen LogP contribution in [0.25, 0.3) is 11.4 Å². The van der Waals surface area contributed by atoms with Crippen LogP contribution in [0.15, 0.2) is 78.9 Å². The van der Waals surface area contributed by atoms with Crippen LogP contribution < -0.4 is 5.32 Å². The number of hydrogen-bond acceptors (Lipinski definition) is 3. The van der Waals surface area contributed by atoms with Gasteiger partial charge in [0.1, 0.15) is 5.82 Å². The minimum atomic E-state index is -0.419. The zero-order valence-electron chi connectivity index (χ0n) is 22.9. The van der Waals surface area contributed by atoms with Crippen LogP contribution in [0.3, 0.4) is 0 Å². The van der Waals surface area contributed by atoms with Gasteiger partial charge in [-0.05, 0) is 48.2 Å². The van der Waals surface area contributed by atoms with Crippen molar-refractivity contribution in [2.24, 2.45) is 5.92 Å². The monoisotopic (exact) mass is 640 g/mol. The minimum absolute atomic E-state index is 0. The van der Waals surface area contributed by atoms with Gasteiger partial charge < -0.3 is 10.3 Å². The Morgan fingerprint density at radius 3 is 1.75 bits per heavy atom. The molecule has 1 aromatic heterocycles. The predicted molar refractivity (Wildman–Crippen MR) is 176 cm³/mol. The molecule has 2 N–H and O–H groups in total. The third-order valence-electron chi connectivity index (χ3n) is 7.68. The van der Waals surface area contributed by atoms with Crippen molar-refractivity contribution in [2.75, 3.05) is 26.2 Å². The summed E-state index contributed by atoms with van der Waals surface area (Å²) in [6.45, 7) is 10.6. The lowest BCUT2D eigenvalue weighted by molar-refractivity contribution is 0.0108. The summed E-state index contributed by atoms with van der Waals surface area (Å²) in [5.41, 5.74) is 5.28. The van der Waals surface area contributed by atoms with Gasteiger partial charge in [0.15, 0.2) is 0 Å². The highest BCUT2D eigenvalue weighted by Gasteiger charge is 2.52. The van der Waals surface area contributed by atoms with Crippen molar-refractivity contribution in [3.8, 4) is 11.4 Å². The van der Waals surface area contributed by atoms with Gasteiger partial charge in [-0.1, -0.05) is 91.6 Å². The van der Waals surface area contributed by atoms with Gasteiger partial charge in [-0.25, -0.2) is 4.98 Å².